The van der Waals surface area contributed by atoms with Crippen LogP contribution < -0.4 is 10.6 Å². The molecule has 10 rings (SSSR count). The van der Waals surface area contributed by atoms with Gasteiger partial charge in [0.05, 0.1) is 19.3 Å². The molecule has 5 fully saturated rings. The smallest absolute Gasteiger partial charge is 0.254 e. The van der Waals surface area contributed by atoms with E-state index in [1.54, 1.807) is 0 Å². The van der Waals surface area contributed by atoms with E-state index in [2.05, 4.69) is 140 Å². The van der Waals surface area contributed by atoms with Crippen molar-refractivity contribution in [3.63, 3.8) is 0 Å². The summed E-state index contributed by atoms with van der Waals surface area (Å²) in [4.78, 5) is 73.1. The molecule has 5 aromatic rings. The Balaban J connectivity index is 0.000000181. The molecule has 0 saturated carbocycles. The number of likely N-dealkylation sites (N-methyl/N-ethyl adjacent to an activating group) is 2. The van der Waals surface area contributed by atoms with Gasteiger partial charge in [0.25, 0.3) is 23.6 Å². The lowest BCUT2D eigenvalue weighted by molar-refractivity contribution is -0.116. The van der Waals surface area contributed by atoms with E-state index in [9.17, 15) is 29.1 Å². The molecule has 5 amide bonds. The summed E-state index contributed by atoms with van der Waals surface area (Å²) in [5, 5.41) is 15.6. The number of hydrogen-bond acceptors (Lipinski definition) is 10. The standard InChI is InChI=1S/2C16H24N2O.C15H22N2O.C15H21NO2.C14H19NO2/c1-12(2)13-5-7-14(8-6-13)16(19)18-10-9-15(11-18)17(3)4;1-13(2)14-5-7-15(8-6-14)17-16(19)9-12-18-10-3-4-11-18;1-11(2)12-4-6-13(7-5-12)15(18)17-9-8-14(10-17)16-3;1-11(2)12-3-5-13(6-4-12)15(18)16-9-7-14(17)8-10-16;1-11(2)12-3-5-13(6-4-12)14(16)15-7-9-17-10-8-15/h5-8,12,15H,9-11H2,1-4H3;5-8,13H,3-4,9-12H2,1-2H3,(H,17,19);4-7,11,14,16H,8-10H2,1-3H3;3-6,11,14,17H,7-10H2,1-2H3;3-6,11H,7-10H2,1-2H3. The van der Waals surface area contributed by atoms with Crippen LogP contribution in [0.4, 0.5) is 5.69 Å². The molecule has 5 saturated heterocycles. The quantitative estimate of drug-likeness (QED) is 0.0921. The zero-order chi connectivity index (χ0) is 66.1. The number of ether oxygens (including phenoxy) is 1. The number of benzene rings is 5. The number of carbonyl (C=O) groups excluding carboxylic acids is 5. The average Bonchev–Trinajstić information content (AvgIpc) is 3.37. The molecule has 5 aromatic carbocycles. The highest BCUT2D eigenvalue weighted by atomic mass is 16.5. The third-order valence-corrected chi connectivity index (χ3v) is 18.1. The summed E-state index contributed by atoms with van der Waals surface area (Å²) in [5.74, 6) is 3.16. The summed E-state index contributed by atoms with van der Waals surface area (Å²) in [6.45, 7) is 32.2. The minimum Gasteiger partial charge on any atom is -0.393 e. The lowest BCUT2D eigenvalue weighted by atomic mass is 10.0. The van der Waals surface area contributed by atoms with Gasteiger partial charge in [-0.3, -0.25) is 24.0 Å². The average molecular weight is 1250 g/mol. The van der Waals surface area contributed by atoms with Crippen molar-refractivity contribution >= 4 is 35.2 Å². The summed E-state index contributed by atoms with van der Waals surface area (Å²) < 4.78 is 5.24. The topological polar surface area (TPSA) is 158 Å². The maximum absolute atomic E-state index is 12.4. The number of aliphatic hydroxyl groups is 1. The second-order valence-electron chi connectivity index (χ2n) is 26.8. The van der Waals surface area contributed by atoms with Gasteiger partial charge in [0.15, 0.2) is 0 Å². The van der Waals surface area contributed by atoms with Crippen molar-refractivity contribution in [1.82, 2.24) is 34.7 Å². The Morgan fingerprint density at radius 2 is 0.802 bits per heavy atom. The number of anilines is 1. The number of likely N-dealkylation sites (tertiary alicyclic amines) is 4. The number of nitrogens with zero attached hydrogens (tertiary/aromatic N) is 6. The number of rotatable bonds is 15. The lowest BCUT2D eigenvalue weighted by Crippen LogP contribution is -2.40. The van der Waals surface area contributed by atoms with Crippen LogP contribution in [0.3, 0.4) is 0 Å². The minimum atomic E-state index is -0.239. The van der Waals surface area contributed by atoms with Crippen LogP contribution >= 0.6 is 0 Å². The molecule has 5 aliphatic rings. The molecule has 0 spiro atoms. The summed E-state index contributed by atoms with van der Waals surface area (Å²) >= 11 is 0. The number of amides is 5. The molecular weight excluding hydrogens is 1140 g/mol. The van der Waals surface area contributed by atoms with Crippen molar-refractivity contribution in [2.75, 3.05) is 112 Å². The molecular formula is C76H110N8O7. The van der Waals surface area contributed by atoms with Crippen molar-refractivity contribution in [1.29, 1.82) is 0 Å². The fourth-order valence-corrected chi connectivity index (χ4v) is 11.6. The van der Waals surface area contributed by atoms with E-state index >= 15 is 0 Å². The van der Waals surface area contributed by atoms with Gasteiger partial charge in [-0.2, -0.15) is 0 Å². The zero-order valence-corrected chi connectivity index (χ0v) is 57.4. The van der Waals surface area contributed by atoms with Gasteiger partial charge in [0, 0.05) is 105 Å². The molecule has 0 aromatic heterocycles. The van der Waals surface area contributed by atoms with Crippen LogP contribution in [0.15, 0.2) is 121 Å². The molecule has 91 heavy (non-hydrogen) atoms. The second kappa shape index (κ2) is 37.1. The molecule has 5 aliphatic heterocycles. The van der Waals surface area contributed by atoms with Crippen molar-refractivity contribution in [3.8, 4) is 0 Å². The zero-order valence-electron chi connectivity index (χ0n) is 57.4. The van der Waals surface area contributed by atoms with E-state index in [0.717, 1.165) is 86.6 Å². The van der Waals surface area contributed by atoms with Gasteiger partial charge in [-0.05, 0) is 191 Å². The van der Waals surface area contributed by atoms with Crippen LogP contribution in [0.25, 0.3) is 0 Å². The summed E-state index contributed by atoms with van der Waals surface area (Å²) in [6, 6.07) is 40.9. The van der Waals surface area contributed by atoms with Crippen molar-refractivity contribution in [3.05, 3.63) is 171 Å². The van der Waals surface area contributed by atoms with E-state index in [4.69, 9.17) is 4.74 Å². The van der Waals surface area contributed by atoms with Gasteiger partial charge in [0.1, 0.15) is 0 Å². The first-order valence-corrected chi connectivity index (χ1v) is 33.8. The molecule has 0 radical (unpaired) electrons. The molecule has 2 atom stereocenters. The van der Waals surface area contributed by atoms with Crippen LogP contribution in [0.2, 0.25) is 0 Å². The predicted octanol–water partition coefficient (Wildman–Crippen LogP) is 12.8. The van der Waals surface area contributed by atoms with Gasteiger partial charge < -0.3 is 49.9 Å². The van der Waals surface area contributed by atoms with E-state index in [-0.39, 0.29) is 35.6 Å². The normalized spacial score (nSPS) is 17.7. The Labute approximate surface area is 546 Å². The van der Waals surface area contributed by atoms with Crippen molar-refractivity contribution in [2.24, 2.45) is 0 Å². The Morgan fingerprint density at radius 1 is 0.462 bits per heavy atom. The van der Waals surface area contributed by atoms with Gasteiger partial charge in [-0.1, -0.05) is 130 Å². The van der Waals surface area contributed by atoms with Gasteiger partial charge in [-0.25, -0.2) is 0 Å². The van der Waals surface area contributed by atoms with Crippen LogP contribution in [-0.2, 0) is 9.53 Å². The SMILES string of the molecule is CC(C)c1ccc(C(=O)N2CCC(N(C)C)C2)cc1.CC(C)c1ccc(C(=O)N2CCC(O)CC2)cc1.CC(C)c1ccc(C(=O)N2CCOCC2)cc1.CC(C)c1ccc(NC(=O)CCN2CCCC2)cc1.CNC1CCN(C(=O)c2ccc(C(C)C)cc2)C1. The Bertz CT molecular complexity index is 2920. The van der Waals surface area contributed by atoms with Crippen LogP contribution in [0.5, 0.6) is 0 Å². The molecule has 0 aliphatic carbocycles. The maximum Gasteiger partial charge on any atom is 0.254 e. The fourth-order valence-electron chi connectivity index (χ4n) is 11.6. The highest BCUT2D eigenvalue weighted by Gasteiger charge is 2.29. The number of piperidine rings is 1. The number of carbonyl (C=O) groups is 5. The molecule has 5 heterocycles. The fraction of sp³-hybridized carbons (Fsp3) is 0.539. The van der Waals surface area contributed by atoms with Crippen LogP contribution in [0, 0.1) is 0 Å². The summed E-state index contributed by atoms with van der Waals surface area (Å²) in [5.41, 5.74) is 10.4. The number of nitrogens with one attached hydrogen (secondary N) is 2. The first-order chi connectivity index (χ1) is 43.5. The highest BCUT2D eigenvalue weighted by molar-refractivity contribution is 5.96. The highest BCUT2D eigenvalue weighted by Crippen LogP contribution is 2.24. The molecule has 3 N–H and O–H groups in total. The third kappa shape index (κ3) is 23.4. The first-order valence-electron chi connectivity index (χ1n) is 33.8. The molecule has 2 unspecified atom stereocenters. The maximum atomic E-state index is 12.4. The van der Waals surface area contributed by atoms with Gasteiger partial charge >= 0.3 is 0 Å². The molecule has 15 nitrogen and oxygen atoms in total. The third-order valence-electron chi connectivity index (χ3n) is 18.1. The number of hydrogen-bond donors (Lipinski definition) is 3. The first kappa shape index (κ1) is 73.3. The van der Waals surface area contributed by atoms with E-state index in [1.165, 1.54) is 40.7 Å². The van der Waals surface area contributed by atoms with Crippen LogP contribution in [0.1, 0.15) is 213 Å². The molecule has 0 bridgehead atoms. The van der Waals surface area contributed by atoms with Crippen molar-refractivity contribution < 1.29 is 33.8 Å². The molecule has 496 valence electrons. The predicted molar refractivity (Wildman–Crippen MR) is 371 cm³/mol. The Hall–Kier alpha value is -6.75. The summed E-state index contributed by atoms with van der Waals surface area (Å²) in [7, 11) is 6.11. The second-order valence-corrected chi connectivity index (χ2v) is 26.8. The largest absolute Gasteiger partial charge is 0.393 e. The van der Waals surface area contributed by atoms with Gasteiger partial charge in [-0.15, -0.1) is 0 Å². The monoisotopic (exact) mass is 1250 g/mol. The van der Waals surface area contributed by atoms with E-state index in [0.29, 0.717) is 100 Å². The van der Waals surface area contributed by atoms with Crippen molar-refractivity contribution in [2.45, 2.75) is 162 Å². The Kier molecular flexibility index (Phi) is 29.9. The minimum absolute atomic E-state index is 0.0807. The van der Waals surface area contributed by atoms with E-state index in [1.807, 2.05) is 112 Å². The van der Waals surface area contributed by atoms with Gasteiger partial charge in [0.2, 0.25) is 5.91 Å². The van der Waals surface area contributed by atoms with Crippen LogP contribution in [-0.4, -0.2) is 189 Å². The molecule has 15 heteroatoms. The number of aliphatic hydroxyl groups excluding tert-OH is 1. The number of morpholine rings is 1. The lowest BCUT2D eigenvalue weighted by Gasteiger charge is -2.29. The summed E-state index contributed by atoms with van der Waals surface area (Å²) in [6.07, 6.45) is 6.40. The van der Waals surface area contributed by atoms with E-state index < -0.39 is 0 Å². The Morgan fingerprint density at radius 3 is 1.15 bits per heavy atom.